The van der Waals surface area contributed by atoms with Gasteiger partial charge in [-0.15, -0.1) is 0 Å². The van der Waals surface area contributed by atoms with E-state index in [-0.39, 0.29) is 18.4 Å². The number of piperazine rings is 1. The highest BCUT2D eigenvalue weighted by molar-refractivity contribution is 5.95. The minimum atomic E-state index is -0.710. The van der Waals surface area contributed by atoms with Crippen LogP contribution in [0.3, 0.4) is 0 Å². The van der Waals surface area contributed by atoms with Crippen LogP contribution >= 0.6 is 0 Å². The molecule has 0 bridgehead atoms. The number of hydrogen-bond acceptors (Lipinski definition) is 10. The van der Waals surface area contributed by atoms with Gasteiger partial charge < -0.3 is 34.7 Å². The Morgan fingerprint density at radius 3 is 2.69 bits per heavy atom. The minimum absolute atomic E-state index is 0.150. The van der Waals surface area contributed by atoms with E-state index >= 15 is 0 Å². The summed E-state index contributed by atoms with van der Waals surface area (Å²) in [6.45, 7) is 6.98. The van der Waals surface area contributed by atoms with Gasteiger partial charge in [0.15, 0.2) is 12.2 Å². The van der Waals surface area contributed by atoms with Crippen molar-refractivity contribution in [1.29, 1.82) is 0 Å². The molecule has 0 spiro atoms. The number of anilines is 2. The molecule has 2 aromatic heterocycles. The van der Waals surface area contributed by atoms with Crippen LogP contribution in [0.2, 0.25) is 0 Å². The third kappa shape index (κ3) is 7.93. The smallest absolute Gasteiger partial charge is 0.251 e. The molecule has 3 aliphatic rings. The molecule has 3 aromatic rings. The fourth-order valence-corrected chi connectivity index (χ4v) is 6.03. The van der Waals surface area contributed by atoms with Gasteiger partial charge in [0.2, 0.25) is 5.91 Å². The minimum Gasteiger partial charge on any atom is -0.486 e. The van der Waals surface area contributed by atoms with Crippen molar-refractivity contribution in [2.75, 3.05) is 56.0 Å². The number of carbonyl (C=O) groups excluding carboxylic acids is 2. The molecule has 4 heterocycles. The van der Waals surface area contributed by atoms with Crippen molar-refractivity contribution < 1.29 is 23.8 Å². The molecule has 12 nitrogen and oxygen atoms in total. The standard InChI is InChI=1S/C33H43N7O5/c1-2-32(42)40-12-10-39(11-13-40)31-16-25(15-30(37-31)36-26-4-3-5-26)33(43)35-17-27(41)20-38-9-8-23-14-28(7-6-24(23)19-38)44-21-29-18-34-22-45-29/h6-7,14-16,18,22,26-27,41H,2-5,8-13,17,19-21H2,1H3,(H,35,43)(H,36,37). The van der Waals surface area contributed by atoms with Gasteiger partial charge in [-0.1, -0.05) is 13.0 Å². The van der Waals surface area contributed by atoms with Crippen LogP contribution in [-0.2, 0) is 24.4 Å². The Hall–Kier alpha value is -4.16. The van der Waals surface area contributed by atoms with Crippen LogP contribution in [0, 0.1) is 0 Å². The molecule has 240 valence electrons. The summed E-state index contributed by atoms with van der Waals surface area (Å²) >= 11 is 0. The normalized spacial score (nSPS) is 17.7. The van der Waals surface area contributed by atoms with Crippen LogP contribution in [0.5, 0.6) is 5.75 Å². The number of β-amino-alcohol motifs (C(OH)–C–C–N with tert-alkyl or cyclic N) is 1. The van der Waals surface area contributed by atoms with Crippen molar-refractivity contribution in [3.8, 4) is 5.75 Å². The predicted molar refractivity (Wildman–Crippen MR) is 169 cm³/mol. The summed E-state index contributed by atoms with van der Waals surface area (Å²) in [6, 6.07) is 10.1. The lowest BCUT2D eigenvalue weighted by atomic mass is 9.93. The summed E-state index contributed by atoms with van der Waals surface area (Å²) in [7, 11) is 0. The number of nitrogens with zero attached hydrogens (tertiary/aromatic N) is 5. The van der Waals surface area contributed by atoms with Crippen molar-refractivity contribution >= 4 is 23.5 Å². The Morgan fingerprint density at radius 2 is 1.96 bits per heavy atom. The molecule has 1 aromatic carbocycles. The summed E-state index contributed by atoms with van der Waals surface area (Å²) < 4.78 is 11.1. The number of ether oxygens (including phenoxy) is 1. The number of hydrogen-bond donors (Lipinski definition) is 3. The van der Waals surface area contributed by atoms with E-state index in [4.69, 9.17) is 14.1 Å². The van der Waals surface area contributed by atoms with Crippen LogP contribution in [0.4, 0.5) is 11.6 Å². The Bertz CT molecular complexity index is 1450. The maximum atomic E-state index is 13.3. The summed E-state index contributed by atoms with van der Waals surface area (Å²) in [5.74, 6) is 2.81. The molecular weight excluding hydrogens is 574 g/mol. The van der Waals surface area contributed by atoms with E-state index < -0.39 is 6.10 Å². The third-order valence-corrected chi connectivity index (χ3v) is 8.89. The third-order valence-electron chi connectivity index (χ3n) is 8.89. The van der Waals surface area contributed by atoms with Crippen molar-refractivity contribution in [1.82, 2.24) is 25.1 Å². The zero-order chi connectivity index (χ0) is 31.2. The second-order valence-electron chi connectivity index (χ2n) is 12.1. The second-order valence-corrected chi connectivity index (χ2v) is 12.1. The average Bonchev–Trinajstić information content (AvgIpc) is 3.58. The van der Waals surface area contributed by atoms with Crippen LogP contribution in [0.25, 0.3) is 0 Å². The molecule has 1 unspecified atom stereocenters. The SMILES string of the molecule is CCC(=O)N1CCN(c2cc(C(=O)NCC(O)CN3CCc4cc(OCc5cnco5)ccc4C3)cc(NC3CCC3)n2)CC1. The molecule has 1 atom stereocenters. The van der Waals surface area contributed by atoms with Crippen LogP contribution < -0.4 is 20.3 Å². The van der Waals surface area contributed by atoms with Gasteiger partial charge in [0, 0.05) is 70.4 Å². The van der Waals surface area contributed by atoms with E-state index in [1.165, 1.54) is 23.9 Å². The van der Waals surface area contributed by atoms with E-state index in [2.05, 4.69) is 37.6 Å². The Kier molecular flexibility index (Phi) is 9.80. The number of pyridine rings is 1. The number of oxazole rings is 1. The monoisotopic (exact) mass is 617 g/mol. The number of nitrogens with one attached hydrogen (secondary N) is 2. The number of amides is 2. The van der Waals surface area contributed by atoms with E-state index in [1.807, 2.05) is 24.0 Å². The molecule has 2 amide bonds. The molecule has 1 saturated carbocycles. The topological polar surface area (TPSA) is 136 Å². The van der Waals surface area contributed by atoms with Gasteiger partial charge >= 0.3 is 0 Å². The van der Waals surface area contributed by atoms with E-state index in [1.54, 1.807) is 12.3 Å². The highest BCUT2D eigenvalue weighted by Gasteiger charge is 2.25. The highest BCUT2D eigenvalue weighted by Crippen LogP contribution is 2.27. The lowest BCUT2D eigenvalue weighted by molar-refractivity contribution is -0.131. The Balaban J connectivity index is 1.02. The first-order valence-corrected chi connectivity index (χ1v) is 16.1. The second kappa shape index (κ2) is 14.3. The molecular formula is C33H43N7O5. The first-order chi connectivity index (χ1) is 21.9. The van der Waals surface area contributed by atoms with Gasteiger partial charge in [-0.3, -0.25) is 14.5 Å². The zero-order valence-electron chi connectivity index (χ0n) is 25.9. The van der Waals surface area contributed by atoms with E-state index in [9.17, 15) is 14.7 Å². The lowest BCUT2D eigenvalue weighted by Gasteiger charge is -2.36. The van der Waals surface area contributed by atoms with E-state index in [0.29, 0.717) is 68.9 Å². The predicted octanol–water partition coefficient (Wildman–Crippen LogP) is 2.82. The van der Waals surface area contributed by atoms with Gasteiger partial charge in [-0.25, -0.2) is 9.97 Å². The van der Waals surface area contributed by atoms with Crippen molar-refractivity contribution in [3.05, 3.63) is 65.4 Å². The number of aliphatic hydroxyl groups excluding tert-OH is 1. The van der Waals surface area contributed by atoms with Gasteiger partial charge in [-0.05, 0) is 61.1 Å². The van der Waals surface area contributed by atoms with Crippen molar-refractivity contribution in [2.45, 2.75) is 64.3 Å². The molecule has 1 saturated heterocycles. The van der Waals surface area contributed by atoms with Crippen LogP contribution in [0.15, 0.2) is 47.3 Å². The molecule has 3 N–H and O–H groups in total. The fourth-order valence-electron chi connectivity index (χ4n) is 6.03. The number of aromatic nitrogens is 2. The molecule has 2 fully saturated rings. The summed E-state index contributed by atoms with van der Waals surface area (Å²) in [5, 5.41) is 17.3. The highest BCUT2D eigenvalue weighted by atomic mass is 16.5. The maximum absolute atomic E-state index is 13.3. The maximum Gasteiger partial charge on any atom is 0.251 e. The van der Waals surface area contributed by atoms with Crippen LogP contribution in [-0.4, -0.2) is 94.6 Å². The van der Waals surface area contributed by atoms with Crippen molar-refractivity contribution in [2.24, 2.45) is 0 Å². The van der Waals surface area contributed by atoms with Crippen LogP contribution in [0.1, 0.15) is 59.9 Å². The molecule has 2 aliphatic heterocycles. The molecule has 6 rings (SSSR count). The molecule has 45 heavy (non-hydrogen) atoms. The van der Waals surface area contributed by atoms with Crippen molar-refractivity contribution in [3.63, 3.8) is 0 Å². The number of fused-ring (bicyclic) bond motifs is 1. The lowest BCUT2D eigenvalue weighted by Crippen LogP contribution is -2.49. The first kappa shape index (κ1) is 30.8. The van der Waals surface area contributed by atoms with Gasteiger partial charge in [0.25, 0.3) is 5.91 Å². The van der Waals surface area contributed by atoms with Gasteiger partial charge in [0.05, 0.1) is 12.3 Å². The quantitative estimate of drug-likeness (QED) is 0.278. The largest absolute Gasteiger partial charge is 0.486 e. The number of aliphatic hydroxyl groups is 1. The average molecular weight is 618 g/mol. The number of rotatable bonds is 12. The van der Waals surface area contributed by atoms with E-state index in [0.717, 1.165) is 43.9 Å². The number of benzene rings is 1. The zero-order valence-corrected chi connectivity index (χ0v) is 25.9. The molecule has 0 radical (unpaired) electrons. The summed E-state index contributed by atoms with van der Waals surface area (Å²) in [6.07, 6.45) is 7.06. The Morgan fingerprint density at radius 1 is 1.11 bits per heavy atom. The first-order valence-electron chi connectivity index (χ1n) is 16.1. The number of carbonyl (C=O) groups is 2. The molecule has 1 aliphatic carbocycles. The Labute approximate surface area is 263 Å². The van der Waals surface area contributed by atoms with Gasteiger partial charge in [0.1, 0.15) is 24.0 Å². The summed E-state index contributed by atoms with van der Waals surface area (Å²) in [5.41, 5.74) is 2.96. The summed E-state index contributed by atoms with van der Waals surface area (Å²) in [4.78, 5) is 40.4. The fraction of sp³-hybridized carbons (Fsp3) is 0.515. The molecule has 12 heteroatoms. The van der Waals surface area contributed by atoms with Gasteiger partial charge in [-0.2, -0.15) is 0 Å².